The molecule has 4 nitrogen and oxygen atoms in total. The van der Waals surface area contributed by atoms with E-state index >= 15 is 0 Å². The fraction of sp³-hybridized carbons (Fsp3) is 0.750. The molecule has 5 heteroatoms. The molecule has 0 amide bonds. The van der Waals surface area contributed by atoms with Crippen LogP contribution in [-0.4, -0.2) is 34.2 Å². The van der Waals surface area contributed by atoms with Gasteiger partial charge in [0, 0.05) is 11.7 Å². The highest BCUT2D eigenvalue weighted by Crippen LogP contribution is 2.27. The van der Waals surface area contributed by atoms with Gasteiger partial charge in [-0.1, -0.05) is 6.92 Å². The molecule has 1 aliphatic heterocycles. The van der Waals surface area contributed by atoms with Gasteiger partial charge in [-0.15, -0.1) is 11.8 Å². The van der Waals surface area contributed by atoms with Crippen molar-refractivity contribution in [1.82, 2.24) is 0 Å². The lowest BCUT2D eigenvalue weighted by Gasteiger charge is -2.10. The van der Waals surface area contributed by atoms with Gasteiger partial charge in [0.05, 0.1) is 13.0 Å². The van der Waals surface area contributed by atoms with Crippen LogP contribution >= 0.6 is 11.8 Å². The predicted molar refractivity (Wildman–Crippen MR) is 48.7 cm³/mol. The number of cyclic esters (lactones) is 1. The van der Waals surface area contributed by atoms with Crippen LogP contribution in [0.5, 0.6) is 0 Å². The van der Waals surface area contributed by atoms with Crippen LogP contribution in [0.1, 0.15) is 19.8 Å². The fourth-order valence-electron chi connectivity index (χ4n) is 1.18. The highest BCUT2D eigenvalue weighted by Gasteiger charge is 2.29. The lowest BCUT2D eigenvalue weighted by molar-refractivity contribution is -0.138. The number of thioether (sulfide) groups is 1. The summed E-state index contributed by atoms with van der Waals surface area (Å²) in [5.74, 6) is -1.03. The molecule has 74 valence electrons. The molecule has 0 saturated carbocycles. The standard InChI is InChI=1S/C8H12O4S/c1-5(4-7(9)10)13-6-2-3-12-8(6)11/h5-6H,2-4H2,1H3,(H,9,10). The van der Waals surface area contributed by atoms with Gasteiger partial charge >= 0.3 is 11.9 Å². The maximum atomic E-state index is 11.0. The molecule has 2 atom stereocenters. The second kappa shape index (κ2) is 4.50. The van der Waals surface area contributed by atoms with Gasteiger partial charge in [0.1, 0.15) is 5.25 Å². The normalized spacial score (nSPS) is 24.1. The molecule has 1 heterocycles. The van der Waals surface area contributed by atoms with Gasteiger partial charge in [-0.05, 0) is 0 Å². The number of rotatable bonds is 4. The molecule has 13 heavy (non-hydrogen) atoms. The average molecular weight is 204 g/mol. The second-order valence-corrected chi connectivity index (χ2v) is 4.64. The van der Waals surface area contributed by atoms with Gasteiger partial charge in [0.15, 0.2) is 0 Å². The van der Waals surface area contributed by atoms with E-state index in [1.807, 2.05) is 6.92 Å². The maximum Gasteiger partial charge on any atom is 0.319 e. The van der Waals surface area contributed by atoms with E-state index in [0.717, 1.165) is 0 Å². The molecule has 0 aromatic heterocycles. The Kier molecular flexibility index (Phi) is 3.59. The number of ether oxygens (including phenoxy) is 1. The van der Waals surface area contributed by atoms with Crippen molar-refractivity contribution in [1.29, 1.82) is 0 Å². The van der Waals surface area contributed by atoms with E-state index < -0.39 is 5.97 Å². The van der Waals surface area contributed by atoms with Crippen molar-refractivity contribution in [2.75, 3.05) is 6.61 Å². The Balaban J connectivity index is 2.30. The zero-order valence-electron chi connectivity index (χ0n) is 7.36. The number of carbonyl (C=O) groups is 2. The Morgan fingerprint density at radius 3 is 3.00 bits per heavy atom. The highest BCUT2D eigenvalue weighted by molar-refractivity contribution is 8.01. The smallest absolute Gasteiger partial charge is 0.319 e. The average Bonchev–Trinajstić information content (AvgIpc) is 2.34. The molecule has 1 rings (SSSR count). The monoisotopic (exact) mass is 204 g/mol. The van der Waals surface area contributed by atoms with Gasteiger partial charge < -0.3 is 9.84 Å². The summed E-state index contributed by atoms with van der Waals surface area (Å²) in [6.07, 6.45) is 0.794. The Morgan fingerprint density at radius 2 is 2.54 bits per heavy atom. The molecule has 1 fully saturated rings. The van der Waals surface area contributed by atoms with E-state index in [1.165, 1.54) is 11.8 Å². The lowest BCUT2D eigenvalue weighted by atomic mass is 10.3. The van der Waals surface area contributed by atoms with E-state index in [1.54, 1.807) is 0 Å². The van der Waals surface area contributed by atoms with E-state index in [0.29, 0.717) is 13.0 Å². The van der Waals surface area contributed by atoms with Crippen LogP contribution in [0.25, 0.3) is 0 Å². The molecule has 2 unspecified atom stereocenters. The number of hydrogen-bond acceptors (Lipinski definition) is 4. The molecular weight excluding hydrogens is 192 g/mol. The summed E-state index contributed by atoms with van der Waals surface area (Å²) in [6, 6.07) is 0. The summed E-state index contributed by atoms with van der Waals surface area (Å²) in [5, 5.41) is 8.30. The largest absolute Gasteiger partial charge is 0.481 e. The topological polar surface area (TPSA) is 63.6 Å². The third kappa shape index (κ3) is 3.26. The van der Waals surface area contributed by atoms with Crippen molar-refractivity contribution in [3.63, 3.8) is 0 Å². The number of carboxylic acids is 1. The van der Waals surface area contributed by atoms with E-state index in [9.17, 15) is 9.59 Å². The van der Waals surface area contributed by atoms with E-state index in [-0.39, 0.29) is 22.9 Å². The minimum atomic E-state index is -0.827. The molecule has 0 aliphatic carbocycles. The van der Waals surface area contributed by atoms with Gasteiger partial charge in [-0.25, -0.2) is 0 Å². The van der Waals surface area contributed by atoms with Crippen LogP contribution in [0.15, 0.2) is 0 Å². The Morgan fingerprint density at radius 1 is 1.85 bits per heavy atom. The van der Waals surface area contributed by atoms with Crippen molar-refractivity contribution in [3.05, 3.63) is 0 Å². The van der Waals surface area contributed by atoms with Crippen LogP contribution in [0.4, 0.5) is 0 Å². The third-order valence-electron chi connectivity index (χ3n) is 1.75. The summed E-state index contributed by atoms with van der Waals surface area (Å²) in [5.41, 5.74) is 0. The molecule has 0 bridgehead atoms. The van der Waals surface area contributed by atoms with Crippen LogP contribution in [0.3, 0.4) is 0 Å². The third-order valence-corrected chi connectivity index (χ3v) is 3.13. The van der Waals surface area contributed by atoms with Crippen LogP contribution in [0.2, 0.25) is 0 Å². The minimum absolute atomic E-state index is 0.0341. The van der Waals surface area contributed by atoms with E-state index in [2.05, 4.69) is 0 Å². The van der Waals surface area contributed by atoms with Gasteiger partial charge in [-0.2, -0.15) is 0 Å². The molecule has 0 spiro atoms. The highest BCUT2D eigenvalue weighted by atomic mass is 32.2. The van der Waals surface area contributed by atoms with Crippen molar-refractivity contribution < 1.29 is 19.4 Å². The number of carbonyl (C=O) groups excluding carboxylic acids is 1. The summed E-state index contributed by atoms with van der Waals surface area (Å²) < 4.78 is 4.76. The van der Waals surface area contributed by atoms with Crippen LogP contribution in [-0.2, 0) is 14.3 Å². The van der Waals surface area contributed by atoms with E-state index in [4.69, 9.17) is 9.84 Å². The lowest BCUT2D eigenvalue weighted by Crippen LogP contribution is -2.16. The molecule has 0 radical (unpaired) electrons. The van der Waals surface area contributed by atoms with Crippen molar-refractivity contribution >= 4 is 23.7 Å². The van der Waals surface area contributed by atoms with Gasteiger partial charge in [0.25, 0.3) is 0 Å². The summed E-state index contributed by atoms with van der Waals surface area (Å²) in [7, 11) is 0. The molecule has 1 saturated heterocycles. The van der Waals surface area contributed by atoms with Crippen molar-refractivity contribution in [3.8, 4) is 0 Å². The zero-order valence-corrected chi connectivity index (χ0v) is 8.17. The molecule has 1 aliphatic rings. The number of carboxylic acid groups (broad SMARTS) is 1. The maximum absolute atomic E-state index is 11.0. The first-order chi connectivity index (χ1) is 6.09. The molecule has 0 aromatic rings. The number of hydrogen-bond donors (Lipinski definition) is 1. The molecule has 0 aromatic carbocycles. The first kappa shape index (κ1) is 10.4. The minimum Gasteiger partial charge on any atom is -0.481 e. The summed E-state index contributed by atoms with van der Waals surface area (Å²) >= 11 is 1.39. The number of esters is 1. The molecule has 1 N–H and O–H groups in total. The number of aliphatic carboxylic acids is 1. The SMILES string of the molecule is CC(CC(=O)O)SC1CCOC1=O. The van der Waals surface area contributed by atoms with Crippen LogP contribution < -0.4 is 0 Å². The fourth-order valence-corrected chi connectivity index (χ4v) is 2.39. The first-order valence-electron chi connectivity index (χ1n) is 4.13. The zero-order chi connectivity index (χ0) is 9.84. The first-order valence-corrected chi connectivity index (χ1v) is 5.07. The second-order valence-electron chi connectivity index (χ2n) is 2.99. The Labute approximate surface area is 80.6 Å². The quantitative estimate of drug-likeness (QED) is 0.689. The Hall–Kier alpha value is -0.710. The van der Waals surface area contributed by atoms with Crippen LogP contribution in [0, 0.1) is 0 Å². The summed E-state index contributed by atoms with van der Waals surface area (Å²) in [6.45, 7) is 2.28. The predicted octanol–water partition coefficient (Wildman–Crippen LogP) is 0.898. The summed E-state index contributed by atoms with van der Waals surface area (Å²) in [4.78, 5) is 21.3. The van der Waals surface area contributed by atoms with Crippen molar-refractivity contribution in [2.24, 2.45) is 0 Å². The van der Waals surface area contributed by atoms with Gasteiger partial charge in [0.2, 0.25) is 0 Å². The van der Waals surface area contributed by atoms with Gasteiger partial charge in [-0.3, -0.25) is 9.59 Å². The van der Waals surface area contributed by atoms with Crippen molar-refractivity contribution in [2.45, 2.75) is 30.3 Å². The Bertz CT molecular complexity index is 216. The molecular formula is C8H12O4S.